The lowest BCUT2D eigenvalue weighted by Crippen LogP contribution is -2.17. The molecule has 1 nitrogen and oxygen atoms in total. The average Bonchev–Trinajstić information content (AvgIpc) is 2.20. The summed E-state index contributed by atoms with van der Waals surface area (Å²) in [6.45, 7) is 7.23. The van der Waals surface area contributed by atoms with E-state index in [2.05, 4.69) is 11.3 Å². The maximum Gasteiger partial charge on any atom is 0.573 e. The van der Waals surface area contributed by atoms with Crippen LogP contribution in [0.3, 0.4) is 0 Å². The molecule has 1 aromatic carbocycles. The molecule has 92 valence electrons. The zero-order chi connectivity index (χ0) is 13.1. The third-order valence-corrected chi connectivity index (χ3v) is 2.19. The second kappa shape index (κ2) is 5.08. The van der Waals surface area contributed by atoms with E-state index in [-0.39, 0.29) is 5.75 Å². The maximum atomic E-state index is 12.0. The molecule has 0 heterocycles. The number of alkyl halides is 3. The molecular formula is C13H13F3O. The van der Waals surface area contributed by atoms with Crippen LogP contribution < -0.4 is 4.74 Å². The van der Waals surface area contributed by atoms with Crippen molar-refractivity contribution in [3.8, 4) is 5.75 Å². The Balaban J connectivity index is 3.07. The van der Waals surface area contributed by atoms with E-state index in [0.29, 0.717) is 5.56 Å². The summed E-state index contributed by atoms with van der Waals surface area (Å²) in [5, 5.41) is 0. The van der Waals surface area contributed by atoms with E-state index >= 15 is 0 Å². The lowest BCUT2D eigenvalue weighted by atomic mass is 10.1. The minimum atomic E-state index is -4.66. The Hall–Kier alpha value is -1.71. The first-order valence-corrected chi connectivity index (χ1v) is 4.99. The number of ether oxygens (including phenoxy) is 1. The summed E-state index contributed by atoms with van der Waals surface area (Å²) in [6.07, 6.45) is -1.27. The van der Waals surface area contributed by atoms with Crippen LogP contribution >= 0.6 is 0 Å². The molecule has 0 aromatic heterocycles. The van der Waals surface area contributed by atoms with Gasteiger partial charge in [0.25, 0.3) is 0 Å². The van der Waals surface area contributed by atoms with Crippen molar-refractivity contribution in [2.45, 2.75) is 20.2 Å². The molecule has 17 heavy (non-hydrogen) atoms. The van der Waals surface area contributed by atoms with Gasteiger partial charge in [0.15, 0.2) is 0 Å². The van der Waals surface area contributed by atoms with E-state index in [4.69, 9.17) is 0 Å². The van der Waals surface area contributed by atoms with Crippen molar-refractivity contribution in [1.82, 2.24) is 0 Å². The van der Waals surface area contributed by atoms with Gasteiger partial charge in [0.05, 0.1) is 0 Å². The van der Waals surface area contributed by atoms with E-state index in [1.807, 2.05) is 13.8 Å². The second-order valence-corrected chi connectivity index (χ2v) is 3.66. The van der Waals surface area contributed by atoms with Crippen molar-refractivity contribution in [3.05, 3.63) is 47.6 Å². The summed E-state index contributed by atoms with van der Waals surface area (Å²) in [6, 6.07) is 4.24. The minimum absolute atomic E-state index is 0.216. The largest absolute Gasteiger partial charge is 0.573 e. The van der Waals surface area contributed by atoms with E-state index in [0.717, 1.165) is 11.1 Å². The fraction of sp³-hybridized carbons (Fsp3) is 0.231. The molecule has 0 aliphatic heterocycles. The van der Waals surface area contributed by atoms with Gasteiger partial charge in [0.2, 0.25) is 0 Å². The number of benzene rings is 1. The number of aryl methyl sites for hydroxylation is 1. The predicted molar refractivity (Wildman–Crippen MR) is 61.7 cm³/mol. The first-order chi connectivity index (χ1) is 7.81. The fourth-order valence-corrected chi connectivity index (χ4v) is 1.28. The number of allylic oxidation sites excluding steroid dienone is 2. The van der Waals surface area contributed by atoms with Crippen molar-refractivity contribution in [1.29, 1.82) is 0 Å². The van der Waals surface area contributed by atoms with Crippen LogP contribution in [0.2, 0.25) is 0 Å². The van der Waals surface area contributed by atoms with Crippen LogP contribution in [0.15, 0.2) is 36.4 Å². The smallest absolute Gasteiger partial charge is 0.406 e. The van der Waals surface area contributed by atoms with Crippen LogP contribution in [0.5, 0.6) is 5.75 Å². The summed E-state index contributed by atoms with van der Waals surface area (Å²) in [5.41, 5.74) is 2.43. The average molecular weight is 242 g/mol. The molecule has 0 aliphatic rings. The van der Waals surface area contributed by atoms with Crippen LogP contribution in [0.1, 0.15) is 18.1 Å². The number of rotatable bonds is 3. The summed E-state index contributed by atoms with van der Waals surface area (Å²) in [4.78, 5) is 0. The monoisotopic (exact) mass is 242 g/mol. The first kappa shape index (κ1) is 13.4. The minimum Gasteiger partial charge on any atom is -0.406 e. The van der Waals surface area contributed by atoms with Gasteiger partial charge < -0.3 is 4.74 Å². The molecule has 0 saturated heterocycles. The summed E-state index contributed by atoms with van der Waals surface area (Å²) in [7, 11) is 0. The first-order valence-electron chi connectivity index (χ1n) is 4.99. The molecule has 0 bridgehead atoms. The molecule has 0 spiro atoms. The second-order valence-electron chi connectivity index (χ2n) is 3.66. The SMILES string of the molecule is C=C/C(C)=C\c1cc(OC(F)(F)F)ccc1C. The quantitative estimate of drug-likeness (QED) is 0.710. The van der Waals surface area contributed by atoms with E-state index in [1.54, 1.807) is 18.2 Å². The van der Waals surface area contributed by atoms with E-state index < -0.39 is 6.36 Å². The molecule has 0 saturated carbocycles. The normalized spacial score (nSPS) is 12.4. The zero-order valence-electron chi connectivity index (χ0n) is 9.64. The van der Waals surface area contributed by atoms with Gasteiger partial charge in [-0.05, 0) is 37.1 Å². The van der Waals surface area contributed by atoms with Gasteiger partial charge in [-0.2, -0.15) is 0 Å². The summed E-state index contributed by atoms with van der Waals surface area (Å²) >= 11 is 0. The third kappa shape index (κ3) is 4.34. The van der Waals surface area contributed by atoms with Crippen LogP contribution in [0, 0.1) is 6.92 Å². The molecule has 0 fully saturated rings. The van der Waals surface area contributed by atoms with Gasteiger partial charge in [-0.1, -0.05) is 30.4 Å². The molecule has 0 atom stereocenters. The van der Waals surface area contributed by atoms with Crippen LogP contribution in [0.25, 0.3) is 6.08 Å². The van der Waals surface area contributed by atoms with Gasteiger partial charge in [-0.25, -0.2) is 0 Å². The third-order valence-electron chi connectivity index (χ3n) is 2.19. The molecule has 0 radical (unpaired) electrons. The highest BCUT2D eigenvalue weighted by Gasteiger charge is 2.31. The molecule has 0 amide bonds. The Morgan fingerprint density at radius 2 is 2.00 bits per heavy atom. The van der Waals surface area contributed by atoms with Crippen LogP contribution in [0.4, 0.5) is 13.2 Å². The Morgan fingerprint density at radius 3 is 2.53 bits per heavy atom. The highest BCUT2D eigenvalue weighted by molar-refractivity contribution is 5.60. The molecular weight excluding hydrogens is 229 g/mol. The number of hydrogen-bond acceptors (Lipinski definition) is 1. The molecule has 4 heteroatoms. The fourth-order valence-electron chi connectivity index (χ4n) is 1.28. The van der Waals surface area contributed by atoms with E-state index in [9.17, 15) is 13.2 Å². The Labute approximate surface area is 98.2 Å². The molecule has 0 aliphatic carbocycles. The molecule has 1 aromatic rings. The van der Waals surface area contributed by atoms with Gasteiger partial charge in [-0.3, -0.25) is 0 Å². The standard InChI is InChI=1S/C13H13F3O/c1-4-9(2)7-11-8-12(6-5-10(11)3)17-13(14,15)16/h4-8H,1H2,2-3H3/b9-7-. The summed E-state index contributed by atoms with van der Waals surface area (Å²) < 4.78 is 40.0. The van der Waals surface area contributed by atoms with Crippen LogP contribution in [-0.2, 0) is 0 Å². The zero-order valence-corrected chi connectivity index (χ0v) is 9.64. The van der Waals surface area contributed by atoms with Crippen molar-refractivity contribution in [3.63, 3.8) is 0 Å². The molecule has 0 N–H and O–H groups in total. The summed E-state index contributed by atoms with van der Waals surface area (Å²) in [5.74, 6) is -0.216. The lowest BCUT2D eigenvalue weighted by Gasteiger charge is -2.10. The maximum absolute atomic E-state index is 12.0. The highest BCUT2D eigenvalue weighted by Crippen LogP contribution is 2.26. The lowest BCUT2D eigenvalue weighted by molar-refractivity contribution is -0.274. The van der Waals surface area contributed by atoms with Crippen molar-refractivity contribution in [2.24, 2.45) is 0 Å². The van der Waals surface area contributed by atoms with Gasteiger partial charge in [-0.15, -0.1) is 13.2 Å². The number of hydrogen-bond donors (Lipinski definition) is 0. The van der Waals surface area contributed by atoms with Gasteiger partial charge in [0, 0.05) is 0 Å². The highest BCUT2D eigenvalue weighted by atomic mass is 19.4. The van der Waals surface area contributed by atoms with Gasteiger partial charge >= 0.3 is 6.36 Å². The predicted octanol–water partition coefficient (Wildman–Crippen LogP) is 4.48. The van der Waals surface area contributed by atoms with Crippen molar-refractivity contribution >= 4 is 6.08 Å². The van der Waals surface area contributed by atoms with Crippen molar-refractivity contribution < 1.29 is 17.9 Å². The van der Waals surface area contributed by atoms with Crippen LogP contribution in [-0.4, -0.2) is 6.36 Å². The Kier molecular flexibility index (Phi) is 3.99. The topological polar surface area (TPSA) is 9.23 Å². The Bertz CT molecular complexity index is 444. The Morgan fingerprint density at radius 1 is 1.35 bits per heavy atom. The molecule has 1 rings (SSSR count). The molecule has 0 unspecified atom stereocenters. The number of halogens is 3. The van der Waals surface area contributed by atoms with Gasteiger partial charge in [0.1, 0.15) is 5.75 Å². The van der Waals surface area contributed by atoms with Crippen molar-refractivity contribution in [2.75, 3.05) is 0 Å². The van der Waals surface area contributed by atoms with E-state index in [1.165, 1.54) is 12.1 Å².